The van der Waals surface area contributed by atoms with Gasteiger partial charge in [-0.2, -0.15) is 13.2 Å². The topological polar surface area (TPSA) is 32.7 Å². The predicted molar refractivity (Wildman–Crippen MR) is 82.8 cm³/mol. The summed E-state index contributed by atoms with van der Waals surface area (Å²) in [6, 6.07) is 11.0. The maximum atomic E-state index is 13.7. The number of anilines is 1. The summed E-state index contributed by atoms with van der Waals surface area (Å²) in [5, 5.41) is 10.6. The minimum atomic E-state index is -4.87. The molecule has 0 saturated carbocycles. The minimum absolute atomic E-state index is 0.235. The molecule has 1 N–H and O–H groups in total. The van der Waals surface area contributed by atoms with Crippen LogP contribution in [0.3, 0.4) is 0 Å². The molecule has 0 heterocycles. The third kappa shape index (κ3) is 3.12. The maximum Gasteiger partial charge on any atom is 0.425 e. The molecule has 0 saturated heterocycles. The molecule has 0 spiro atoms. The summed E-state index contributed by atoms with van der Waals surface area (Å²) < 4.78 is 46.0. The summed E-state index contributed by atoms with van der Waals surface area (Å²) >= 11 is 0. The van der Waals surface area contributed by atoms with Crippen LogP contribution in [0.4, 0.5) is 18.9 Å². The summed E-state index contributed by atoms with van der Waals surface area (Å²) in [6.07, 6.45) is -4.87. The van der Waals surface area contributed by atoms with Crippen LogP contribution in [0.1, 0.15) is 11.1 Å². The fourth-order valence-electron chi connectivity index (χ4n) is 2.34. The lowest BCUT2D eigenvalue weighted by Gasteiger charge is -2.32. The van der Waals surface area contributed by atoms with Crippen molar-refractivity contribution in [3.05, 3.63) is 59.7 Å². The van der Waals surface area contributed by atoms with Gasteiger partial charge in [-0.1, -0.05) is 24.3 Å². The zero-order valence-corrected chi connectivity index (χ0v) is 13.1. The Kier molecular flexibility index (Phi) is 4.56. The molecule has 0 aliphatic heterocycles. The first-order valence-corrected chi connectivity index (χ1v) is 6.91. The number of methoxy groups -OCH3 is 1. The molecule has 0 aliphatic rings. The molecule has 2 aromatic carbocycles. The van der Waals surface area contributed by atoms with E-state index in [1.807, 2.05) is 0 Å². The average molecular weight is 325 g/mol. The molecule has 0 amide bonds. The van der Waals surface area contributed by atoms with Gasteiger partial charge in [0.15, 0.2) is 0 Å². The molecule has 23 heavy (non-hydrogen) atoms. The van der Waals surface area contributed by atoms with E-state index < -0.39 is 11.8 Å². The number of rotatable bonds is 4. The number of hydrogen-bond donors (Lipinski definition) is 1. The molecule has 6 heteroatoms. The number of aliphatic hydroxyl groups is 1. The van der Waals surface area contributed by atoms with Crippen LogP contribution in [0.15, 0.2) is 48.5 Å². The smallest absolute Gasteiger partial charge is 0.425 e. The SMILES string of the molecule is COc1ccc(C(O)(c2cccc(N(C)C)c2)C(F)(F)F)cc1. The van der Waals surface area contributed by atoms with E-state index in [9.17, 15) is 18.3 Å². The summed E-state index contributed by atoms with van der Waals surface area (Å²) in [4.78, 5) is 1.67. The van der Waals surface area contributed by atoms with Crippen molar-refractivity contribution < 1.29 is 23.0 Å². The Labute approximate surface area is 132 Å². The van der Waals surface area contributed by atoms with Crippen molar-refractivity contribution in [1.82, 2.24) is 0 Å². The van der Waals surface area contributed by atoms with Crippen LogP contribution in [0.25, 0.3) is 0 Å². The minimum Gasteiger partial charge on any atom is -0.497 e. The van der Waals surface area contributed by atoms with Crippen LogP contribution in [-0.4, -0.2) is 32.5 Å². The zero-order valence-electron chi connectivity index (χ0n) is 13.1. The van der Waals surface area contributed by atoms with Crippen LogP contribution in [0.2, 0.25) is 0 Å². The number of ether oxygens (including phenoxy) is 1. The van der Waals surface area contributed by atoms with Gasteiger partial charge in [-0.15, -0.1) is 0 Å². The van der Waals surface area contributed by atoms with Gasteiger partial charge in [0.2, 0.25) is 5.60 Å². The first kappa shape index (κ1) is 17.1. The van der Waals surface area contributed by atoms with E-state index in [-0.39, 0.29) is 11.1 Å². The maximum absolute atomic E-state index is 13.7. The molecular formula is C17H18F3NO2. The van der Waals surface area contributed by atoms with Crippen molar-refractivity contribution in [2.75, 3.05) is 26.1 Å². The monoisotopic (exact) mass is 325 g/mol. The second-order valence-corrected chi connectivity index (χ2v) is 5.38. The lowest BCUT2D eigenvalue weighted by atomic mass is 9.85. The van der Waals surface area contributed by atoms with E-state index in [2.05, 4.69) is 0 Å². The van der Waals surface area contributed by atoms with Crippen molar-refractivity contribution in [3.63, 3.8) is 0 Å². The molecule has 0 aliphatic carbocycles. The molecule has 0 bridgehead atoms. The predicted octanol–water partition coefficient (Wildman–Crippen LogP) is 3.56. The quantitative estimate of drug-likeness (QED) is 0.933. The summed E-state index contributed by atoms with van der Waals surface area (Å²) in [6.45, 7) is 0. The second kappa shape index (κ2) is 6.12. The third-order valence-corrected chi connectivity index (χ3v) is 3.70. The number of benzene rings is 2. The second-order valence-electron chi connectivity index (χ2n) is 5.38. The van der Waals surface area contributed by atoms with Gasteiger partial charge in [0.1, 0.15) is 5.75 Å². The molecular weight excluding hydrogens is 307 g/mol. The summed E-state index contributed by atoms with van der Waals surface area (Å²) in [5.74, 6) is 0.417. The Balaban J connectivity index is 2.62. The highest BCUT2D eigenvalue weighted by atomic mass is 19.4. The van der Waals surface area contributed by atoms with E-state index in [0.29, 0.717) is 11.4 Å². The van der Waals surface area contributed by atoms with Crippen LogP contribution < -0.4 is 9.64 Å². The standard InChI is InChI=1S/C17H18F3NO2/c1-21(2)14-6-4-5-13(11-14)16(22,17(18,19)20)12-7-9-15(23-3)10-8-12/h4-11,22H,1-3H3. The van der Waals surface area contributed by atoms with Crippen LogP contribution >= 0.6 is 0 Å². The van der Waals surface area contributed by atoms with Crippen LogP contribution in [0.5, 0.6) is 5.75 Å². The normalized spacial score (nSPS) is 14.2. The van der Waals surface area contributed by atoms with Crippen molar-refractivity contribution >= 4 is 5.69 Å². The van der Waals surface area contributed by atoms with Crippen molar-refractivity contribution in [2.45, 2.75) is 11.8 Å². The Morgan fingerprint density at radius 3 is 2.04 bits per heavy atom. The van der Waals surface area contributed by atoms with Crippen molar-refractivity contribution in [2.24, 2.45) is 0 Å². The van der Waals surface area contributed by atoms with Crippen LogP contribution in [0, 0.1) is 0 Å². The highest BCUT2D eigenvalue weighted by molar-refractivity contribution is 5.51. The number of nitrogens with zero attached hydrogens (tertiary/aromatic N) is 1. The molecule has 1 unspecified atom stereocenters. The molecule has 0 radical (unpaired) electrons. The van der Waals surface area contributed by atoms with Gasteiger partial charge in [-0.3, -0.25) is 0 Å². The lowest BCUT2D eigenvalue weighted by Crippen LogP contribution is -2.43. The Hall–Kier alpha value is -2.21. The molecule has 1 atom stereocenters. The van der Waals surface area contributed by atoms with Gasteiger partial charge in [-0.05, 0) is 35.4 Å². The molecule has 2 rings (SSSR count). The Morgan fingerprint density at radius 2 is 1.57 bits per heavy atom. The first-order chi connectivity index (χ1) is 10.7. The molecule has 0 fully saturated rings. The van der Waals surface area contributed by atoms with E-state index in [0.717, 1.165) is 0 Å². The summed E-state index contributed by atoms with van der Waals surface area (Å²) in [7, 11) is 4.86. The van der Waals surface area contributed by atoms with E-state index in [1.165, 1.54) is 49.6 Å². The van der Waals surface area contributed by atoms with Gasteiger partial charge < -0.3 is 14.7 Å². The third-order valence-electron chi connectivity index (χ3n) is 3.70. The van der Waals surface area contributed by atoms with E-state index in [1.54, 1.807) is 25.1 Å². The molecule has 3 nitrogen and oxygen atoms in total. The molecule has 0 aromatic heterocycles. The van der Waals surface area contributed by atoms with Crippen molar-refractivity contribution in [3.8, 4) is 5.75 Å². The Morgan fingerprint density at radius 1 is 0.957 bits per heavy atom. The molecule has 2 aromatic rings. The van der Waals surface area contributed by atoms with Gasteiger partial charge in [0.05, 0.1) is 7.11 Å². The van der Waals surface area contributed by atoms with Gasteiger partial charge >= 0.3 is 6.18 Å². The Bertz CT molecular complexity index is 668. The van der Waals surface area contributed by atoms with Gasteiger partial charge in [0.25, 0.3) is 0 Å². The van der Waals surface area contributed by atoms with E-state index in [4.69, 9.17) is 4.74 Å². The zero-order chi connectivity index (χ0) is 17.3. The number of halogens is 3. The fraction of sp³-hybridized carbons (Fsp3) is 0.294. The van der Waals surface area contributed by atoms with E-state index >= 15 is 0 Å². The number of alkyl halides is 3. The highest BCUT2D eigenvalue weighted by Gasteiger charge is 2.56. The van der Waals surface area contributed by atoms with Crippen molar-refractivity contribution in [1.29, 1.82) is 0 Å². The lowest BCUT2D eigenvalue weighted by molar-refractivity contribution is -0.248. The highest BCUT2D eigenvalue weighted by Crippen LogP contribution is 2.45. The fourth-order valence-corrected chi connectivity index (χ4v) is 2.34. The first-order valence-electron chi connectivity index (χ1n) is 6.91. The van der Waals surface area contributed by atoms with Gasteiger partial charge in [-0.25, -0.2) is 0 Å². The molecule has 124 valence electrons. The summed E-state index contributed by atoms with van der Waals surface area (Å²) in [5.41, 5.74) is -3.02. The van der Waals surface area contributed by atoms with Gasteiger partial charge in [0, 0.05) is 19.8 Å². The largest absolute Gasteiger partial charge is 0.497 e. The van der Waals surface area contributed by atoms with Crippen LogP contribution in [-0.2, 0) is 5.60 Å². The number of hydrogen-bond acceptors (Lipinski definition) is 3. The average Bonchev–Trinajstić information content (AvgIpc) is 2.53.